The van der Waals surface area contributed by atoms with Gasteiger partial charge in [0.25, 0.3) is 0 Å². The summed E-state index contributed by atoms with van der Waals surface area (Å²) >= 11 is 0. The van der Waals surface area contributed by atoms with Gasteiger partial charge in [0.2, 0.25) is 0 Å². The Hall–Kier alpha value is -0.160. The molecule has 5 atom stereocenters. The minimum atomic E-state index is -0.469. The lowest BCUT2D eigenvalue weighted by atomic mass is 10.1. The smallest absolute Gasteiger partial charge is 0.187 e. The van der Waals surface area contributed by atoms with Crippen LogP contribution >= 0.6 is 0 Å². The molecule has 0 aromatic heterocycles. The zero-order chi connectivity index (χ0) is 6.72. The maximum Gasteiger partial charge on any atom is 0.187 e. The standard InChI is InChI=1S/C6H8O4/c7-3-2-1-8-6(9-2)5-4(3)10-5/h2-7H,1H2/t2-,3-,4?,5+,6-/m1/s1. The van der Waals surface area contributed by atoms with Crippen LogP contribution in [0.25, 0.3) is 0 Å². The largest absolute Gasteiger partial charge is 0.387 e. The average molecular weight is 144 g/mol. The van der Waals surface area contributed by atoms with Crippen LogP contribution in [-0.2, 0) is 14.2 Å². The van der Waals surface area contributed by atoms with E-state index in [2.05, 4.69) is 0 Å². The van der Waals surface area contributed by atoms with Crippen LogP contribution in [0.15, 0.2) is 0 Å². The predicted molar refractivity (Wildman–Crippen MR) is 29.3 cm³/mol. The van der Waals surface area contributed by atoms with Gasteiger partial charge in [0, 0.05) is 0 Å². The predicted octanol–water partition coefficient (Wildman–Crippen LogP) is -1.13. The van der Waals surface area contributed by atoms with Gasteiger partial charge in [-0.1, -0.05) is 0 Å². The Morgan fingerprint density at radius 2 is 2.10 bits per heavy atom. The van der Waals surface area contributed by atoms with Crippen molar-refractivity contribution in [2.75, 3.05) is 6.61 Å². The summed E-state index contributed by atoms with van der Waals surface area (Å²) in [6.45, 7) is 0.516. The zero-order valence-corrected chi connectivity index (χ0v) is 5.27. The molecule has 0 saturated carbocycles. The molecule has 0 aliphatic carbocycles. The first kappa shape index (κ1) is 5.49. The normalized spacial score (nSPS) is 63.9. The van der Waals surface area contributed by atoms with Gasteiger partial charge in [-0.2, -0.15) is 0 Å². The van der Waals surface area contributed by atoms with Gasteiger partial charge in [-0.3, -0.25) is 0 Å². The molecular formula is C6H8O4. The van der Waals surface area contributed by atoms with Crippen molar-refractivity contribution in [3.05, 3.63) is 0 Å². The molecular weight excluding hydrogens is 136 g/mol. The van der Waals surface area contributed by atoms with Gasteiger partial charge in [0.05, 0.1) is 6.61 Å². The topological polar surface area (TPSA) is 51.2 Å². The van der Waals surface area contributed by atoms with Crippen LogP contribution in [0.2, 0.25) is 0 Å². The molecule has 0 radical (unpaired) electrons. The van der Waals surface area contributed by atoms with E-state index in [4.69, 9.17) is 14.2 Å². The van der Waals surface area contributed by atoms with Crippen LogP contribution in [0.4, 0.5) is 0 Å². The molecule has 3 heterocycles. The Labute approximate surface area is 57.7 Å². The average Bonchev–Trinajstić information content (AvgIpc) is 2.61. The maximum absolute atomic E-state index is 9.38. The van der Waals surface area contributed by atoms with Crippen molar-refractivity contribution >= 4 is 0 Å². The van der Waals surface area contributed by atoms with Crippen molar-refractivity contribution < 1.29 is 19.3 Å². The second-order valence-electron chi connectivity index (χ2n) is 2.93. The van der Waals surface area contributed by atoms with Crippen LogP contribution in [-0.4, -0.2) is 42.4 Å². The Bertz CT molecular complexity index is 169. The van der Waals surface area contributed by atoms with Gasteiger partial charge >= 0.3 is 0 Å². The molecule has 0 aromatic rings. The van der Waals surface area contributed by atoms with Crippen LogP contribution in [0.5, 0.6) is 0 Å². The number of ether oxygens (including phenoxy) is 3. The summed E-state index contributed by atoms with van der Waals surface area (Å²) in [4.78, 5) is 0. The third-order valence-corrected chi connectivity index (χ3v) is 2.28. The highest BCUT2D eigenvalue weighted by Crippen LogP contribution is 2.41. The van der Waals surface area contributed by atoms with Gasteiger partial charge in [0.15, 0.2) is 6.29 Å². The lowest BCUT2D eigenvalue weighted by Gasteiger charge is -2.18. The van der Waals surface area contributed by atoms with Crippen molar-refractivity contribution in [1.82, 2.24) is 0 Å². The minimum absolute atomic E-state index is 0.00810. The second kappa shape index (κ2) is 1.53. The van der Waals surface area contributed by atoms with E-state index in [0.717, 1.165) is 0 Å². The van der Waals surface area contributed by atoms with Gasteiger partial charge in [0.1, 0.15) is 24.4 Å². The van der Waals surface area contributed by atoms with Crippen molar-refractivity contribution in [1.29, 1.82) is 0 Å². The van der Waals surface area contributed by atoms with E-state index in [9.17, 15) is 5.11 Å². The quantitative estimate of drug-likeness (QED) is 0.437. The van der Waals surface area contributed by atoms with E-state index in [1.165, 1.54) is 0 Å². The third-order valence-electron chi connectivity index (χ3n) is 2.28. The summed E-state index contributed by atoms with van der Waals surface area (Å²) in [6.07, 6.45) is -0.809. The Balaban J connectivity index is 1.91. The molecule has 3 aliphatic rings. The fraction of sp³-hybridized carbons (Fsp3) is 1.00. The van der Waals surface area contributed by atoms with E-state index in [0.29, 0.717) is 6.61 Å². The third kappa shape index (κ3) is 0.509. The summed E-state index contributed by atoms with van der Waals surface area (Å²) < 4.78 is 15.6. The first-order valence-electron chi connectivity index (χ1n) is 3.47. The minimum Gasteiger partial charge on any atom is -0.387 e. The zero-order valence-electron chi connectivity index (χ0n) is 5.27. The molecule has 0 aromatic carbocycles. The fourth-order valence-corrected chi connectivity index (χ4v) is 1.63. The van der Waals surface area contributed by atoms with E-state index >= 15 is 0 Å². The fourth-order valence-electron chi connectivity index (χ4n) is 1.63. The summed E-state index contributed by atoms with van der Waals surface area (Å²) in [5.74, 6) is 0. The molecule has 56 valence electrons. The number of fused-ring (bicyclic) bond motifs is 4. The Kier molecular flexibility index (Phi) is 0.840. The summed E-state index contributed by atoms with van der Waals surface area (Å²) in [7, 11) is 0. The molecule has 3 aliphatic heterocycles. The molecule has 0 amide bonds. The molecule has 1 N–H and O–H groups in total. The highest BCUT2D eigenvalue weighted by Gasteiger charge is 2.61. The maximum atomic E-state index is 9.38. The lowest BCUT2D eigenvalue weighted by Crippen LogP contribution is -2.39. The number of epoxide rings is 1. The van der Waals surface area contributed by atoms with Crippen LogP contribution in [0.3, 0.4) is 0 Å². The second-order valence-corrected chi connectivity index (χ2v) is 2.93. The summed E-state index contributed by atoms with van der Waals surface area (Å²) in [6, 6.07) is 0. The first-order chi connectivity index (χ1) is 4.86. The highest BCUT2D eigenvalue weighted by molar-refractivity contribution is 5.03. The number of rotatable bonds is 0. The van der Waals surface area contributed by atoms with E-state index in [1.807, 2.05) is 0 Å². The molecule has 3 saturated heterocycles. The number of aliphatic hydroxyl groups is 1. The number of aliphatic hydroxyl groups excluding tert-OH is 1. The molecule has 1 unspecified atom stereocenters. The van der Waals surface area contributed by atoms with Crippen molar-refractivity contribution in [3.63, 3.8) is 0 Å². The van der Waals surface area contributed by atoms with Gasteiger partial charge < -0.3 is 19.3 Å². The van der Waals surface area contributed by atoms with Crippen molar-refractivity contribution in [2.45, 2.75) is 30.7 Å². The van der Waals surface area contributed by atoms with E-state index < -0.39 is 6.10 Å². The number of hydrogen-bond donors (Lipinski definition) is 1. The van der Waals surface area contributed by atoms with E-state index in [-0.39, 0.29) is 24.6 Å². The molecule has 3 rings (SSSR count). The first-order valence-corrected chi connectivity index (χ1v) is 3.47. The van der Waals surface area contributed by atoms with Gasteiger partial charge in [-0.15, -0.1) is 0 Å². The van der Waals surface area contributed by atoms with Crippen molar-refractivity contribution in [3.8, 4) is 0 Å². The van der Waals surface area contributed by atoms with Crippen LogP contribution in [0.1, 0.15) is 0 Å². The summed E-state index contributed by atoms with van der Waals surface area (Å²) in [5.41, 5.74) is 0. The SMILES string of the molecule is O[C@H]1C2O[C@@H]2[C@@H]2OC[C@H]1O2. The van der Waals surface area contributed by atoms with E-state index in [1.54, 1.807) is 0 Å². The molecule has 0 spiro atoms. The summed E-state index contributed by atoms with van der Waals surface area (Å²) in [5, 5.41) is 9.38. The Morgan fingerprint density at radius 1 is 1.20 bits per heavy atom. The molecule has 4 heteroatoms. The highest BCUT2D eigenvalue weighted by atomic mass is 16.8. The Morgan fingerprint density at radius 3 is 3.00 bits per heavy atom. The van der Waals surface area contributed by atoms with Crippen LogP contribution in [0, 0.1) is 0 Å². The van der Waals surface area contributed by atoms with Crippen LogP contribution < -0.4 is 0 Å². The molecule has 2 bridgehead atoms. The lowest BCUT2D eigenvalue weighted by molar-refractivity contribution is -0.103. The molecule has 3 fully saturated rings. The van der Waals surface area contributed by atoms with Gasteiger partial charge in [-0.05, 0) is 0 Å². The van der Waals surface area contributed by atoms with Crippen molar-refractivity contribution in [2.24, 2.45) is 0 Å². The van der Waals surface area contributed by atoms with Gasteiger partial charge in [-0.25, -0.2) is 0 Å². The molecule has 4 nitrogen and oxygen atoms in total. The monoisotopic (exact) mass is 144 g/mol. The molecule has 10 heavy (non-hydrogen) atoms. The number of hydrogen-bond acceptors (Lipinski definition) is 4.